The molecular weight excluding hydrogens is 392 g/mol. The molecule has 24 heavy (non-hydrogen) atoms. The minimum atomic E-state index is -4.64. The molecule has 0 spiro atoms. The van der Waals surface area contributed by atoms with Crippen LogP contribution in [0.25, 0.3) is 0 Å². The smallest absolute Gasteiger partial charge is 1.00 e. The Balaban J connectivity index is -0.000000147. The van der Waals surface area contributed by atoms with E-state index in [1.165, 1.54) is 83.7 Å². The summed E-state index contributed by atoms with van der Waals surface area (Å²) in [6.45, 7) is 3.57. The SMILES string of the molecule is CCCCCCCCCCCCCCC[CH-]O.O=P(O)(O)O.[H-].[Na+].[Zn]. The first-order valence-electron chi connectivity index (χ1n) is 8.66. The molecule has 0 unspecified atom stereocenters. The van der Waals surface area contributed by atoms with E-state index in [9.17, 15) is 0 Å². The van der Waals surface area contributed by atoms with Crippen LogP contribution < -0.4 is 29.6 Å². The van der Waals surface area contributed by atoms with Crippen LogP contribution in [0, 0.1) is 6.61 Å². The van der Waals surface area contributed by atoms with Crippen molar-refractivity contribution < 1.29 is 74.8 Å². The summed E-state index contributed by atoms with van der Waals surface area (Å²) < 4.78 is 8.88. The largest absolute Gasteiger partial charge is 1.00 e. The van der Waals surface area contributed by atoms with Gasteiger partial charge in [-0.3, -0.25) is 0 Å². The second kappa shape index (κ2) is 26.9. The van der Waals surface area contributed by atoms with E-state index >= 15 is 0 Å². The Labute approximate surface area is 185 Å². The van der Waals surface area contributed by atoms with Gasteiger partial charge < -0.3 is 21.2 Å². The molecule has 0 amide bonds. The molecule has 8 heteroatoms. The number of hydrogen-bond donors (Lipinski definition) is 4. The van der Waals surface area contributed by atoms with Crippen LogP contribution in [-0.4, -0.2) is 19.8 Å². The molecule has 0 aromatic heterocycles. The maximum absolute atomic E-state index is 8.88. The molecule has 140 valence electrons. The van der Waals surface area contributed by atoms with Gasteiger partial charge in [0.1, 0.15) is 0 Å². The van der Waals surface area contributed by atoms with Crippen LogP contribution in [-0.2, 0) is 24.0 Å². The van der Waals surface area contributed by atoms with E-state index in [0.717, 1.165) is 12.8 Å². The fourth-order valence-electron chi connectivity index (χ4n) is 2.25. The van der Waals surface area contributed by atoms with Crippen molar-refractivity contribution in [1.82, 2.24) is 0 Å². The van der Waals surface area contributed by atoms with Crippen molar-refractivity contribution in [3.05, 3.63) is 6.61 Å². The second-order valence-electron chi connectivity index (χ2n) is 5.73. The van der Waals surface area contributed by atoms with Gasteiger partial charge in [-0.2, -0.15) is 6.42 Å². The van der Waals surface area contributed by atoms with Crippen molar-refractivity contribution in [3.63, 3.8) is 0 Å². The van der Waals surface area contributed by atoms with Crippen LogP contribution in [0.15, 0.2) is 0 Å². The van der Waals surface area contributed by atoms with Gasteiger partial charge in [-0.25, -0.2) is 11.2 Å². The van der Waals surface area contributed by atoms with Gasteiger partial charge in [-0.15, -0.1) is 0 Å². The number of aliphatic hydroxyl groups excluding tert-OH is 1. The van der Waals surface area contributed by atoms with E-state index in [0.29, 0.717) is 0 Å². The molecule has 4 N–H and O–H groups in total. The van der Waals surface area contributed by atoms with Crippen molar-refractivity contribution in [2.45, 2.75) is 96.8 Å². The number of phosphoric acid groups is 1. The molecule has 0 rings (SSSR count). The van der Waals surface area contributed by atoms with E-state index in [2.05, 4.69) is 6.92 Å². The Morgan fingerprint density at radius 3 is 1.25 bits per heavy atom. The molecule has 0 fully saturated rings. The van der Waals surface area contributed by atoms with Gasteiger partial charge in [-0.1, -0.05) is 90.4 Å². The first kappa shape index (κ1) is 33.3. The quantitative estimate of drug-likeness (QED) is 0.147. The molecule has 0 saturated carbocycles. The molecule has 0 saturated heterocycles. The Morgan fingerprint density at radius 2 is 1.00 bits per heavy atom. The summed E-state index contributed by atoms with van der Waals surface area (Å²) in [5.41, 5.74) is 0. The van der Waals surface area contributed by atoms with Gasteiger partial charge in [0.15, 0.2) is 0 Å². The van der Waals surface area contributed by atoms with Crippen LogP contribution in [0.3, 0.4) is 0 Å². The van der Waals surface area contributed by atoms with Gasteiger partial charge in [0.2, 0.25) is 0 Å². The molecule has 0 aliphatic carbocycles. The third-order valence-corrected chi connectivity index (χ3v) is 3.44. The summed E-state index contributed by atoms with van der Waals surface area (Å²) in [4.78, 5) is 21.6. The van der Waals surface area contributed by atoms with Crippen molar-refractivity contribution in [3.8, 4) is 0 Å². The summed E-state index contributed by atoms with van der Waals surface area (Å²) >= 11 is 0. The average molecular weight is 429 g/mol. The Kier molecular flexibility index (Phi) is 37.3. The molecule has 0 aromatic rings. The fourth-order valence-corrected chi connectivity index (χ4v) is 2.25. The van der Waals surface area contributed by atoms with E-state index in [-0.39, 0.29) is 50.5 Å². The van der Waals surface area contributed by atoms with Crippen LogP contribution in [0.5, 0.6) is 0 Å². The Morgan fingerprint density at radius 1 is 0.750 bits per heavy atom. The van der Waals surface area contributed by atoms with E-state index in [1.807, 2.05) is 0 Å². The summed E-state index contributed by atoms with van der Waals surface area (Å²) in [5.74, 6) is 0. The zero-order chi connectivity index (χ0) is 17.1. The van der Waals surface area contributed by atoms with E-state index in [4.69, 9.17) is 24.4 Å². The predicted molar refractivity (Wildman–Crippen MR) is 91.9 cm³/mol. The van der Waals surface area contributed by atoms with Gasteiger partial charge in [0.05, 0.1) is 0 Å². The van der Waals surface area contributed by atoms with Gasteiger partial charge in [-0.05, 0) is 0 Å². The molecular formula is C16H37NaO5PZn-. The van der Waals surface area contributed by atoms with Gasteiger partial charge >= 0.3 is 37.4 Å². The first-order valence-corrected chi connectivity index (χ1v) is 10.2. The van der Waals surface area contributed by atoms with Gasteiger partial charge in [0, 0.05) is 19.5 Å². The molecule has 0 aromatic carbocycles. The van der Waals surface area contributed by atoms with Gasteiger partial charge in [0.25, 0.3) is 0 Å². The summed E-state index contributed by atoms with van der Waals surface area (Å²) in [7, 11) is -4.64. The molecule has 0 bridgehead atoms. The van der Waals surface area contributed by atoms with Crippen LogP contribution in [0.2, 0.25) is 0 Å². The maximum Gasteiger partial charge on any atom is 1.00 e. The molecule has 0 atom stereocenters. The molecule has 0 aliphatic heterocycles. The van der Waals surface area contributed by atoms with E-state index < -0.39 is 7.82 Å². The number of hydrogen-bond acceptors (Lipinski definition) is 2. The topological polar surface area (TPSA) is 98.0 Å². The monoisotopic (exact) mass is 427 g/mol. The predicted octanol–water partition coefficient (Wildman–Crippen LogP) is 2.19. The number of aliphatic hydroxyl groups is 1. The third kappa shape index (κ3) is 49.5. The molecule has 0 radical (unpaired) electrons. The molecule has 5 nitrogen and oxygen atoms in total. The fraction of sp³-hybridized carbons (Fsp3) is 0.938. The summed E-state index contributed by atoms with van der Waals surface area (Å²) in [6, 6.07) is 0. The minimum Gasteiger partial charge on any atom is -1.00 e. The van der Waals surface area contributed by atoms with Crippen molar-refractivity contribution in [1.29, 1.82) is 0 Å². The molecule has 0 heterocycles. The second-order valence-corrected chi connectivity index (χ2v) is 6.75. The van der Waals surface area contributed by atoms with Crippen molar-refractivity contribution in [2.75, 3.05) is 0 Å². The Hall–Kier alpha value is 1.69. The number of unbranched alkanes of at least 4 members (excludes halogenated alkanes) is 13. The molecule has 0 aliphatic rings. The van der Waals surface area contributed by atoms with Crippen molar-refractivity contribution in [2.24, 2.45) is 0 Å². The zero-order valence-electron chi connectivity index (χ0n) is 16.8. The average Bonchev–Trinajstić information content (AvgIpc) is 2.42. The van der Waals surface area contributed by atoms with Crippen LogP contribution >= 0.6 is 7.82 Å². The maximum atomic E-state index is 8.88. The van der Waals surface area contributed by atoms with Crippen molar-refractivity contribution >= 4 is 7.82 Å². The van der Waals surface area contributed by atoms with Crippen LogP contribution in [0.4, 0.5) is 0 Å². The first-order chi connectivity index (χ1) is 10.4. The summed E-state index contributed by atoms with van der Waals surface area (Å²) in [6.07, 6.45) is 18.9. The Bertz CT molecular complexity index is 238. The number of rotatable bonds is 14. The third-order valence-electron chi connectivity index (χ3n) is 3.44. The summed E-state index contributed by atoms with van der Waals surface area (Å²) in [5, 5.41) is 8.52. The standard InChI is InChI=1S/C16H33O.Na.H3O4P.Zn.H/c1-2-3-4-5-6-7-8-9-10-11-12-13-14-15-16-17;;1-5(2,3)4;;/h16-17H,2-15H2,1H3;;(H3,1,2,3,4);;/q-1;+1;;;-1. The van der Waals surface area contributed by atoms with Crippen LogP contribution in [0.1, 0.15) is 98.2 Å². The minimum absolute atomic E-state index is 0. The normalized spacial score (nSPS) is 10.2. The zero-order valence-corrected chi connectivity index (χ0v) is 21.7. The van der Waals surface area contributed by atoms with E-state index in [1.54, 1.807) is 0 Å².